The molecule has 0 bridgehead atoms. The van der Waals surface area contributed by atoms with Crippen molar-refractivity contribution < 1.29 is 4.79 Å². The quantitative estimate of drug-likeness (QED) is 0.792. The number of amides is 1. The predicted octanol–water partition coefficient (Wildman–Crippen LogP) is 2.25. The van der Waals surface area contributed by atoms with E-state index in [0.717, 1.165) is 26.2 Å². The van der Waals surface area contributed by atoms with E-state index in [-0.39, 0.29) is 11.2 Å². The van der Waals surface area contributed by atoms with Gasteiger partial charge in [0.1, 0.15) is 0 Å². The number of aryl methyl sites for hydroxylation is 1. The fraction of sp³-hybridized carbons (Fsp3) is 0.533. The van der Waals surface area contributed by atoms with Gasteiger partial charge in [-0.1, -0.05) is 17.7 Å². The second-order valence-electron chi connectivity index (χ2n) is 5.20. The van der Waals surface area contributed by atoms with Gasteiger partial charge in [0.05, 0.1) is 5.25 Å². The number of carbonyl (C=O) groups is 1. The SMILES string of the molecule is Cc1ccc(SC(C)C(=O)N2CCN(C)CC2)cc1. The van der Waals surface area contributed by atoms with Crippen molar-refractivity contribution in [2.24, 2.45) is 0 Å². The van der Waals surface area contributed by atoms with Crippen molar-refractivity contribution in [1.29, 1.82) is 0 Å². The smallest absolute Gasteiger partial charge is 0.235 e. The van der Waals surface area contributed by atoms with Gasteiger partial charge in [0.25, 0.3) is 0 Å². The number of rotatable bonds is 3. The molecule has 19 heavy (non-hydrogen) atoms. The maximum absolute atomic E-state index is 12.4. The number of benzene rings is 1. The first-order chi connectivity index (χ1) is 9.06. The molecule has 1 aromatic carbocycles. The lowest BCUT2D eigenvalue weighted by atomic mass is 10.2. The van der Waals surface area contributed by atoms with Gasteiger partial charge in [0.2, 0.25) is 5.91 Å². The molecule has 1 amide bonds. The lowest BCUT2D eigenvalue weighted by molar-refractivity contribution is -0.131. The monoisotopic (exact) mass is 278 g/mol. The van der Waals surface area contributed by atoms with Crippen molar-refractivity contribution in [1.82, 2.24) is 9.80 Å². The van der Waals surface area contributed by atoms with Gasteiger partial charge in [-0.05, 0) is 33.0 Å². The van der Waals surface area contributed by atoms with E-state index in [4.69, 9.17) is 0 Å². The van der Waals surface area contributed by atoms with Gasteiger partial charge in [-0.3, -0.25) is 4.79 Å². The summed E-state index contributed by atoms with van der Waals surface area (Å²) >= 11 is 1.65. The zero-order valence-corrected chi connectivity index (χ0v) is 12.7. The Hall–Kier alpha value is -1.00. The topological polar surface area (TPSA) is 23.6 Å². The van der Waals surface area contributed by atoms with Crippen LogP contribution in [0.15, 0.2) is 29.2 Å². The van der Waals surface area contributed by atoms with Gasteiger partial charge in [0.15, 0.2) is 0 Å². The van der Waals surface area contributed by atoms with Crippen LogP contribution < -0.4 is 0 Å². The molecule has 0 radical (unpaired) electrons. The van der Waals surface area contributed by atoms with E-state index in [1.807, 2.05) is 11.8 Å². The molecule has 1 aromatic rings. The third-order valence-corrected chi connectivity index (χ3v) is 4.60. The Bertz CT molecular complexity index is 424. The lowest BCUT2D eigenvalue weighted by Crippen LogP contribution is -2.49. The second-order valence-corrected chi connectivity index (χ2v) is 6.62. The van der Waals surface area contributed by atoms with Crippen LogP contribution in [0, 0.1) is 6.92 Å². The van der Waals surface area contributed by atoms with Gasteiger partial charge >= 0.3 is 0 Å². The molecular formula is C15H22N2OS. The third-order valence-electron chi connectivity index (χ3n) is 3.50. The molecule has 0 N–H and O–H groups in total. The number of hydrogen-bond acceptors (Lipinski definition) is 3. The summed E-state index contributed by atoms with van der Waals surface area (Å²) < 4.78 is 0. The highest BCUT2D eigenvalue weighted by atomic mass is 32.2. The highest BCUT2D eigenvalue weighted by Crippen LogP contribution is 2.25. The summed E-state index contributed by atoms with van der Waals surface area (Å²) in [6.45, 7) is 7.75. The van der Waals surface area contributed by atoms with Gasteiger partial charge in [-0.25, -0.2) is 0 Å². The first-order valence-corrected chi connectivity index (χ1v) is 7.65. The number of hydrogen-bond donors (Lipinski definition) is 0. The van der Waals surface area contributed by atoms with Crippen LogP contribution in [-0.4, -0.2) is 54.2 Å². The van der Waals surface area contributed by atoms with Crippen LogP contribution in [0.1, 0.15) is 12.5 Å². The molecule has 1 atom stereocenters. The number of thioether (sulfide) groups is 1. The van der Waals surface area contributed by atoms with Crippen molar-refractivity contribution in [3.8, 4) is 0 Å². The molecule has 1 fully saturated rings. The molecule has 1 saturated heterocycles. The molecule has 0 aromatic heterocycles. The van der Waals surface area contributed by atoms with E-state index in [9.17, 15) is 4.79 Å². The minimum Gasteiger partial charge on any atom is -0.339 e. The standard InChI is InChI=1S/C15H22N2OS/c1-12-4-6-14(7-5-12)19-13(2)15(18)17-10-8-16(3)9-11-17/h4-7,13H,8-11H2,1-3H3. The molecule has 4 heteroatoms. The predicted molar refractivity (Wildman–Crippen MR) is 80.6 cm³/mol. The minimum absolute atomic E-state index is 0.00823. The Labute approximate surface area is 120 Å². The van der Waals surface area contributed by atoms with E-state index in [0.29, 0.717) is 0 Å². The van der Waals surface area contributed by atoms with Crippen LogP contribution in [-0.2, 0) is 4.79 Å². The summed E-state index contributed by atoms with van der Waals surface area (Å²) in [6.07, 6.45) is 0. The Morgan fingerprint density at radius 2 is 1.74 bits per heavy atom. The fourth-order valence-corrected chi connectivity index (χ4v) is 3.11. The molecule has 0 aliphatic carbocycles. The van der Waals surface area contributed by atoms with E-state index >= 15 is 0 Å². The number of piperazine rings is 1. The van der Waals surface area contributed by atoms with Crippen molar-refractivity contribution in [3.63, 3.8) is 0 Å². The maximum Gasteiger partial charge on any atom is 0.235 e. The molecule has 1 heterocycles. The Morgan fingerprint density at radius 1 is 1.16 bits per heavy atom. The number of nitrogens with zero attached hydrogens (tertiary/aromatic N) is 2. The summed E-state index contributed by atoms with van der Waals surface area (Å²) in [5.41, 5.74) is 1.25. The molecular weight excluding hydrogens is 256 g/mol. The van der Waals surface area contributed by atoms with Gasteiger partial charge < -0.3 is 9.80 Å². The Kier molecular flexibility index (Phi) is 4.88. The van der Waals surface area contributed by atoms with Crippen LogP contribution in [0.4, 0.5) is 0 Å². The van der Waals surface area contributed by atoms with Crippen LogP contribution in [0.2, 0.25) is 0 Å². The van der Waals surface area contributed by atoms with E-state index in [1.165, 1.54) is 10.5 Å². The third kappa shape index (κ3) is 3.98. The first kappa shape index (κ1) is 14.4. The van der Waals surface area contributed by atoms with Crippen LogP contribution in [0.3, 0.4) is 0 Å². The molecule has 3 nitrogen and oxygen atoms in total. The fourth-order valence-electron chi connectivity index (χ4n) is 2.16. The molecule has 104 valence electrons. The van der Waals surface area contributed by atoms with Crippen molar-refractivity contribution in [2.75, 3.05) is 33.2 Å². The normalized spacial score (nSPS) is 18.4. The molecule has 0 spiro atoms. The van der Waals surface area contributed by atoms with Crippen LogP contribution in [0.25, 0.3) is 0 Å². The summed E-state index contributed by atoms with van der Waals surface area (Å²) in [5, 5.41) is -0.00823. The number of likely N-dealkylation sites (N-methyl/N-ethyl adjacent to an activating group) is 1. The molecule has 2 rings (SSSR count). The van der Waals surface area contributed by atoms with Gasteiger partial charge in [-0.15, -0.1) is 11.8 Å². The summed E-state index contributed by atoms with van der Waals surface area (Å²) in [5.74, 6) is 0.263. The van der Waals surface area contributed by atoms with Gasteiger partial charge in [0, 0.05) is 31.1 Å². The van der Waals surface area contributed by atoms with Gasteiger partial charge in [-0.2, -0.15) is 0 Å². The molecule has 1 aliphatic heterocycles. The highest BCUT2D eigenvalue weighted by Gasteiger charge is 2.24. The van der Waals surface area contributed by atoms with Crippen molar-refractivity contribution >= 4 is 17.7 Å². The highest BCUT2D eigenvalue weighted by molar-refractivity contribution is 8.00. The Morgan fingerprint density at radius 3 is 2.32 bits per heavy atom. The van der Waals surface area contributed by atoms with Crippen LogP contribution in [0.5, 0.6) is 0 Å². The average molecular weight is 278 g/mol. The summed E-state index contributed by atoms with van der Waals surface area (Å²) in [6, 6.07) is 8.37. The van der Waals surface area contributed by atoms with E-state index in [2.05, 4.69) is 43.1 Å². The maximum atomic E-state index is 12.4. The largest absolute Gasteiger partial charge is 0.339 e. The van der Waals surface area contributed by atoms with Crippen molar-refractivity contribution in [3.05, 3.63) is 29.8 Å². The zero-order valence-electron chi connectivity index (χ0n) is 11.9. The second kappa shape index (κ2) is 6.44. The van der Waals surface area contributed by atoms with E-state index in [1.54, 1.807) is 11.8 Å². The zero-order chi connectivity index (χ0) is 13.8. The minimum atomic E-state index is -0.00823. The summed E-state index contributed by atoms with van der Waals surface area (Å²) in [4.78, 5) is 17.8. The molecule has 1 unspecified atom stereocenters. The van der Waals surface area contributed by atoms with Crippen molar-refractivity contribution in [2.45, 2.75) is 24.0 Å². The lowest BCUT2D eigenvalue weighted by Gasteiger charge is -2.33. The molecule has 1 aliphatic rings. The average Bonchev–Trinajstić information content (AvgIpc) is 2.41. The summed E-state index contributed by atoms with van der Waals surface area (Å²) in [7, 11) is 2.10. The number of carbonyl (C=O) groups excluding carboxylic acids is 1. The first-order valence-electron chi connectivity index (χ1n) is 6.77. The van der Waals surface area contributed by atoms with Crippen LogP contribution >= 0.6 is 11.8 Å². The Balaban J connectivity index is 1.90. The van der Waals surface area contributed by atoms with E-state index < -0.39 is 0 Å². The molecule has 0 saturated carbocycles.